The second kappa shape index (κ2) is 4.82. The van der Waals surface area contributed by atoms with Crippen LogP contribution < -0.4 is 4.74 Å². The van der Waals surface area contributed by atoms with Gasteiger partial charge in [0.2, 0.25) is 0 Å². The maximum Gasteiger partial charge on any atom is 0.118 e. The van der Waals surface area contributed by atoms with E-state index in [9.17, 15) is 10.2 Å². The van der Waals surface area contributed by atoms with Crippen LogP contribution in [0.3, 0.4) is 0 Å². The van der Waals surface area contributed by atoms with Crippen LogP contribution in [0.5, 0.6) is 5.75 Å². The summed E-state index contributed by atoms with van der Waals surface area (Å²) >= 11 is 0. The van der Waals surface area contributed by atoms with Crippen LogP contribution in [0.4, 0.5) is 0 Å². The maximum atomic E-state index is 9.56. The molecule has 3 atom stereocenters. The van der Waals surface area contributed by atoms with Gasteiger partial charge < -0.3 is 19.7 Å². The van der Waals surface area contributed by atoms with Crippen LogP contribution in [0.15, 0.2) is 24.3 Å². The fourth-order valence-electron chi connectivity index (χ4n) is 1.82. The minimum atomic E-state index is -0.769. The third kappa shape index (κ3) is 2.35. The normalized spacial score (nSPS) is 30.1. The van der Waals surface area contributed by atoms with E-state index in [-0.39, 0.29) is 12.7 Å². The van der Waals surface area contributed by atoms with Gasteiger partial charge in [-0.3, -0.25) is 0 Å². The molecule has 1 fully saturated rings. The minimum Gasteiger partial charge on any atom is -0.497 e. The lowest BCUT2D eigenvalue weighted by Crippen LogP contribution is -2.37. The van der Waals surface area contributed by atoms with Gasteiger partial charge in [-0.15, -0.1) is 0 Å². The highest BCUT2D eigenvalue weighted by atomic mass is 16.5. The summed E-state index contributed by atoms with van der Waals surface area (Å²) in [6.45, 7) is 0.178. The van der Waals surface area contributed by atoms with Crippen LogP contribution in [-0.4, -0.2) is 36.1 Å². The third-order valence-corrected chi connectivity index (χ3v) is 2.86. The fraction of sp³-hybridized carbons (Fsp3) is 0.500. The van der Waals surface area contributed by atoms with E-state index in [0.717, 1.165) is 11.3 Å². The fourth-order valence-corrected chi connectivity index (χ4v) is 1.82. The molecule has 88 valence electrons. The van der Waals surface area contributed by atoms with E-state index in [4.69, 9.17) is 9.47 Å². The molecular formula is C12H16O4. The summed E-state index contributed by atoms with van der Waals surface area (Å²) in [7, 11) is 1.62. The number of ether oxygens (including phenoxy) is 2. The standard InChI is InChI=1S/C12H16O4/c1-15-9-4-2-8(3-5-9)12-6-10(13)11(14)7-16-12/h2-5,10-14H,6-7H2,1H3/t10-,11-,12+/m0/s1. The summed E-state index contributed by atoms with van der Waals surface area (Å²) < 4.78 is 10.5. The Morgan fingerprint density at radius 2 is 1.88 bits per heavy atom. The molecule has 0 unspecified atom stereocenters. The number of aliphatic hydroxyl groups excluding tert-OH is 2. The molecule has 2 rings (SSSR count). The molecule has 0 bridgehead atoms. The molecule has 1 aliphatic rings. The smallest absolute Gasteiger partial charge is 0.118 e. The van der Waals surface area contributed by atoms with E-state index in [0.29, 0.717) is 6.42 Å². The van der Waals surface area contributed by atoms with Gasteiger partial charge in [0.15, 0.2) is 0 Å². The van der Waals surface area contributed by atoms with Gasteiger partial charge in [0.25, 0.3) is 0 Å². The predicted molar refractivity (Wildman–Crippen MR) is 58.3 cm³/mol. The predicted octanol–water partition coefficient (Wildman–Crippen LogP) is 0.878. The molecule has 2 N–H and O–H groups in total. The molecular weight excluding hydrogens is 208 g/mol. The lowest BCUT2D eigenvalue weighted by atomic mass is 9.98. The zero-order valence-electron chi connectivity index (χ0n) is 9.17. The Labute approximate surface area is 94.4 Å². The van der Waals surface area contributed by atoms with Crippen molar-refractivity contribution in [1.29, 1.82) is 0 Å². The highest BCUT2D eigenvalue weighted by molar-refractivity contribution is 5.28. The number of hydrogen-bond acceptors (Lipinski definition) is 4. The Bertz CT molecular complexity index is 335. The molecule has 0 amide bonds. The first kappa shape index (κ1) is 11.4. The third-order valence-electron chi connectivity index (χ3n) is 2.86. The van der Waals surface area contributed by atoms with Gasteiger partial charge in [-0.25, -0.2) is 0 Å². The molecule has 1 saturated heterocycles. The van der Waals surface area contributed by atoms with Crippen molar-refractivity contribution in [3.63, 3.8) is 0 Å². The Hall–Kier alpha value is -1.10. The van der Waals surface area contributed by atoms with Gasteiger partial charge in [0, 0.05) is 6.42 Å². The Morgan fingerprint density at radius 3 is 2.44 bits per heavy atom. The van der Waals surface area contributed by atoms with Crippen molar-refractivity contribution in [2.24, 2.45) is 0 Å². The maximum absolute atomic E-state index is 9.56. The number of rotatable bonds is 2. The topological polar surface area (TPSA) is 58.9 Å². The van der Waals surface area contributed by atoms with Crippen molar-refractivity contribution >= 4 is 0 Å². The Kier molecular flexibility index (Phi) is 3.43. The van der Waals surface area contributed by atoms with E-state index >= 15 is 0 Å². The summed E-state index contributed by atoms with van der Waals surface area (Å²) in [5.41, 5.74) is 0.992. The van der Waals surface area contributed by atoms with Crippen molar-refractivity contribution in [1.82, 2.24) is 0 Å². The number of benzene rings is 1. The van der Waals surface area contributed by atoms with Crippen LogP contribution in [0.1, 0.15) is 18.1 Å². The summed E-state index contributed by atoms with van der Waals surface area (Å²) in [4.78, 5) is 0. The molecule has 0 aromatic heterocycles. The molecule has 0 saturated carbocycles. The number of aliphatic hydroxyl groups is 2. The van der Waals surface area contributed by atoms with Gasteiger partial charge in [-0.2, -0.15) is 0 Å². The van der Waals surface area contributed by atoms with Gasteiger partial charge in [0.05, 0.1) is 25.9 Å². The van der Waals surface area contributed by atoms with Crippen molar-refractivity contribution in [2.75, 3.05) is 13.7 Å². The quantitative estimate of drug-likeness (QED) is 0.783. The first-order chi connectivity index (χ1) is 7.70. The largest absolute Gasteiger partial charge is 0.497 e. The summed E-state index contributed by atoms with van der Waals surface area (Å²) in [6.07, 6.45) is -1.20. The zero-order valence-corrected chi connectivity index (χ0v) is 9.17. The minimum absolute atomic E-state index is 0.149. The highest BCUT2D eigenvalue weighted by Gasteiger charge is 2.28. The van der Waals surface area contributed by atoms with Crippen molar-refractivity contribution < 1.29 is 19.7 Å². The molecule has 1 aromatic carbocycles. The SMILES string of the molecule is COc1ccc([C@H]2C[C@H](O)[C@@H](O)CO2)cc1. The van der Waals surface area contributed by atoms with Crippen molar-refractivity contribution in [2.45, 2.75) is 24.7 Å². The molecule has 16 heavy (non-hydrogen) atoms. The Balaban J connectivity index is 2.06. The lowest BCUT2D eigenvalue weighted by Gasteiger charge is -2.30. The molecule has 4 heteroatoms. The van der Waals surface area contributed by atoms with E-state index < -0.39 is 12.2 Å². The molecule has 0 aliphatic carbocycles. The van der Waals surface area contributed by atoms with Crippen molar-refractivity contribution in [3.8, 4) is 5.75 Å². The van der Waals surface area contributed by atoms with Crippen LogP contribution in [0.2, 0.25) is 0 Å². The Morgan fingerprint density at radius 1 is 1.19 bits per heavy atom. The van der Waals surface area contributed by atoms with Gasteiger partial charge in [0.1, 0.15) is 11.9 Å². The molecule has 1 aromatic rings. The number of hydrogen-bond donors (Lipinski definition) is 2. The molecule has 0 spiro atoms. The van der Waals surface area contributed by atoms with Crippen LogP contribution in [-0.2, 0) is 4.74 Å². The monoisotopic (exact) mass is 224 g/mol. The van der Waals surface area contributed by atoms with Crippen molar-refractivity contribution in [3.05, 3.63) is 29.8 Å². The van der Waals surface area contributed by atoms with E-state index in [1.807, 2.05) is 24.3 Å². The van der Waals surface area contributed by atoms with Crippen LogP contribution >= 0.6 is 0 Å². The molecule has 4 nitrogen and oxygen atoms in total. The molecule has 0 radical (unpaired) electrons. The lowest BCUT2D eigenvalue weighted by molar-refractivity contribution is -0.122. The second-order valence-electron chi connectivity index (χ2n) is 3.97. The van der Waals surface area contributed by atoms with Crippen LogP contribution in [0, 0.1) is 0 Å². The molecule has 1 heterocycles. The second-order valence-corrected chi connectivity index (χ2v) is 3.97. The van der Waals surface area contributed by atoms with Crippen LogP contribution in [0.25, 0.3) is 0 Å². The van der Waals surface area contributed by atoms with Gasteiger partial charge in [-0.05, 0) is 17.7 Å². The summed E-state index contributed by atoms with van der Waals surface area (Å²) in [5.74, 6) is 0.792. The van der Waals surface area contributed by atoms with E-state index in [1.54, 1.807) is 7.11 Å². The zero-order chi connectivity index (χ0) is 11.5. The first-order valence-corrected chi connectivity index (χ1v) is 5.32. The average Bonchev–Trinajstić information content (AvgIpc) is 2.33. The average molecular weight is 224 g/mol. The number of methoxy groups -OCH3 is 1. The van der Waals surface area contributed by atoms with E-state index in [2.05, 4.69) is 0 Å². The highest BCUT2D eigenvalue weighted by Crippen LogP contribution is 2.29. The summed E-state index contributed by atoms with van der Waals surface area (Å²) in [6, 6.07) is 7.54. The van der Waals surface area contributed by atoms with E-state index in [1.165, 1.54) is 0 Å². The van der Waals surface area contributed by atoms with Gasteiger partial charge in [-0.1, -0.05) is 12.1 Å². The summed E-state index contributed by atoms with van der Waals surface area (Å²) in [5, 5.41) is 18.9. The molecule has 1 aliphatic heterocycles. The first-order valence-electron chi connectivity index (χ1n) is 5.32. The van der Waals surface area contributed by atoms with Gasteiger partial charge >= 0.3 is 0 Å².